The summed E-state index contributed by atoms with van der Waals surface area (Å²) in [5.41, 5.74) is 4.74. The summed E-state index contributed by atoms with van der Waals surface area (Å²) >= 11 is 0. The first kappa shape index (κ1) is 12.9. The average Bonchev–Trinajstić information content (AvgIpc) is 2.66. The smallest absolute Gasteiger partial charge is 0.332 e. The molecule has 1 fully saturated rings. The van der Waals surface area contributed by atoms with E-state index >= 15 is 0 Å². The van der Waals surface area contributed by atoms with Crippen LogP contribution < -0.4 is 11.1 Å². The summed E-state index contributed by atoms with van der Waals surface area (Å²) in [7, 11) is 0. The Morgan fingerprint density at radius 1 is 1.56 bits per heavy atom. The summed E-state index contributed by atoms with van der Waals surface area (Å²) < 4.78 is 5.02. The van der Waals surface area contributed by atoms with Gasteiger partial charge in [0, 0.05) is 19.6 Å². The summed E-state index contributed by atoms with van der Waals surface area (Å²) in [5, 5.41) is 19.8. The third-order valence-corrected chi connectivity index (χ3v) is 2.49. The fourth-order valence-electron chi connectivity index (χ4n) is 1.38. The summed E-state index contributed by atoms with van der Waals surface area (Å²) in [5.74, 6) is -1.68. The zero-order valence-electron chi connectivity index (χ0n) is 8.81. The van der Waals surface area contributed by atoms with E-state index in [-0.39, 0.29) is 25.5 Å². The first-order valence-corrected chi connectivity index (χ1v) is 5.01. The highest BCUT2D eigenvalue weighted by molar-refractivity contribution is 5.86. The topological polar surface area (TPSA) is 122 Å². The Bertz CT molecular complexity index is 275. The average molecular weight is 232 g/mol. The van der Waals surface area contributed by atoms with Crippen LogP contribution in [0.3, 0.4) is 0 Å². The molecule has 7 heteroatoms. The summed E-state index contributed by atoms with van der Waals surface area (Å²) in [4.78, 5) is 21.9. The maximum atomic E-state index is 11.6. The third-order valence-electron chi connectivity index (χ3n) is 2.49. The second kappa shape index (κ2) is 5.24. The summed E-state index contributed by atoms with van der Waals surface area (Å²) in [6.45, 7) is 0.688. The van der Waals surface area contributed by atoms with Crippen molar-refractivity contribution in [1.82, 2.24) is 5.32 Å². The van der Waals surface area contributed by atoms with Crippen molar-refractivity contribution >= 4 is 11.9 Å². The van der Waals surface area contributed by atoms with Gasteiger partial charge in [-0.2, -0.15) is 0 Å². The van der Waals surface area contributed by atoms with Crippen molar-refractivity contribution in [1.29, 1.82) is 0 Å². The molecule has 5 N–H and O–H groups in total. The van der Waals surface area contributed by atoms with Crippen LogP contribution in [0.5, 0.6) is 0 Å². The number of aliphatic hydroxyl groups excluding tert-OH is 1. The number of aliphatic hydroxyl groups is 1. The number of nitrogens with two attached hydrogens (primary N) is 1. The van der Waals surface area contributed by atoms with Gasteiger partial charge in [0.25, 0.3) is 0 Å². The number of carbonyl (C=O) groups is 2. The van der Waals surface area contributed by atoms with Crippen molar-refractivity contribution in [2.75, 3.05) is 19.8 Å². The Balaban J connectivity index is 2.27. The van der Waals surface area contributed by atoms with Crippen LogP contribution >= 0.6 is 0 Å². The third kappa shape index (κ3) is 3.16. The lowest BCUT2D eigenvalue weighted by Crippen LogP contribution is -2.54. The Labute approximate surface area is 92.6 Å². The molecular formula is C9H16N2O5. The molecule has 0 spiro atoms. The predicted octanol–water partition coefficient (Wildman–Crippen LogP) is -1.94. The number of carbonyl (C=O) groups excluding carboxylic acids is 1. The molecule has 7 nitrogen and oxygen atoms in total. The van der Waals surface area contributed by atoms with Crippen molar-refractivity contribution < 1.29 is 24.5 Å². The molecule has 1 aliphatic heterocycles. The van der Waals surface area contributed by atoms with Gasteiger partial charge in [0.15, 0.2) is 6.10 Å². The zero-order valence-corrected chi connectivity index (χ0v) is 8.81. The molecule has 1 aliphatic rings. The van der Waals surface area contributed by atoms with E-state index in [1.54, 1.807) is 0 Å². The molecule has 0 bridgehead atoms. The van der Waals surface area contributed by atoms with Crippen LogP contribution in [0.4, 0.5) is 0 Å². The molecule has 16 heavy (non-hydrogen) atoms. The highest BCUT2D eigenvalue weighted by Gasteiger charge is 2.37. The van der Waals surface area contributed by atoms with E-state index in [0.717, 1.165) is 0 Å². The quantitative estimate of drug-likeness (QED) is 0.437. The van der Waals surface area contributed by atoms with Gasteiger partial charge in [-0.15, -0.1) is 0 Å². The summed E-state index contributed by atoms with van der Waals surface area (Å²) in [6, 6.07) is 0. The second-order valence-corrected chi connectivity index (χ2v) is 3.86. The Morgan fingerprint density at radius 2 is 2.25 bits per heavy atom. The van der Waals surface area contributed by atoms with Crippen LogP contribution in [0.25, 0.3) is 0 Å². The fourth-order valence-corrected chi connectivity index (χ4v) is 1.38. The molecule has 2 atom stereocenters. The largest absolute Gasteiger partial charge is 0.479 e. The lowest BCUT2D eigenvalue weighted by molar-refractivity contribution is -0.147. The van der Waals surface area contributed by atoms with Crippen LogP contribution in [0.2, 0.25) is 0 Å². The molecule has 92 valence electrons. The van der Waals surface area contributed by atoms with E-state index in [2.05, 4.69) is 5.32 Å². The van der Waals surface area contributed by atoms with Crippen molar-refractivity contribution in [3.05, 3.63) is 0 Å². The number of hydrogen-bond acceptors (Lipinski definition) is 5. The number of carboxylic acid groups (broad SMARTS) is 1. The molecule has 1 amide bonds. The lowest BCUT2D eigenvalue weighted by atomic mass is 9.99. The first-order valence-electron chi connectivity index (χ1n) is 5.01. The van der Waals surface area contributed by atoms with Gasteiger partial charge in [-0.05, 0) is 6.42 Å². The van der Waals surface area contributed by atoms with Gasteiger partial charge in [-0.3, -0.25) is 4.79 Å². The molecule has 0 radical (unpaired) electrons. The van der Waals surface area contributed by atoms with E-state index < -0.39 is 17.6 Å². The van der Waals surface area contributed by atoms with Crippen LogP contribution in [-0.4, -0.2) is 53.5 Å². The number of rotatable bonds is 5. The number of nitrogens with one attached hydrogen (secondary N) is 1. The van der Waals surface area contributed by atoms with E-state index in [4.69, 9.17) is 20.7 Å². The molecule has 1 rings (SSSR count). The fraction of sp³-hybridized carbons (Fsp3) is 0.778. The number of hydrogen-bond donors (Lipinski definition) is 4. The van der Waals surface area contributed by atoms with Crippen molar-refractivity contribution in [2.45, 2.75) is 24.5 Å². The Hall–Kier alpha value is -1.18. The van der Waals surface area contributed by atoms with Crippen molar-refractivity contribution in [2.24, 2.45) is 5.73 Å². The molecule has 1 heterocycles. The molecule has 0 saturated carbocycles. The van der Waals surface area contributed by atoms with Gasteiger partial charge in [0.1, 0.15) is 5.54 Å². The molecule has 0 aliphatic carbocycles. The molecule has 1 saturated heterocycles. The predicted molar refractivity (Wildman–Crippen MR) is 53.6 cm³/mol. The number of aliphatic carboxylic acids is 1. The minimum absolute atomic E-state index is 0.0436. The van der Waals surface area contributed by atoms with Gasteiger partial charge in [0.2, 0.25) is 5.91 Å². The number of ether oxygens (including phenoxy) is 1. The van der Waals surface area contributed by atoms with E-state index in [0.29, 0.717) is 13.0 Å². The van der Waals surface area contributed by atoms with Gasteiger partial charge in [0.05, 0.1) is 6.61 Å². The molecule has 0 aromatic heterocycles. The monoisotopic (exact) mass is 232 g/mol. The van der Waals surface area contributed by atoms with Crippen LogP contribution in [0.15, 0.2) is 0 Å². The minimum atomic E-state index is -1.46. The maximum absolute atomic E-state index is 11.6. The maximum Gasteiger partial charge on any atom is 0.332 e. The van der Waals surface area contributed by atoms with Crippen LogP contribution in [0.1, 0.15) is 12.8 Å². The number of amides is 1. The second-order valence-electron chi connectivity index (χ2n) is 3.86. The van der Waals surface area contributed by atoms with Gasteiger partial charge >= 0.3 is 5.97 Å². The van der Waals surface area contributed by atoms with Crippen LogP contribution in [0, 0.1) is 0 Å². The van der Waals surface area contributed by atoms with Crippen molar-refractivity contribution in [3.8, 4) is 0 Å². The minimum Gasteiger partial charge on any atom is -0.479 e. The van der Waals surface area contributed by atoms with Gasteiger partial charge < -0.3 is 26.0 Å². The summed E-state index contributed by atoms with van der Waals surface area (Å²) in [6.07, 6.45) is -1.06. The van der Waals surface area contributed by atoms with E-state index in [9.17, 15) is 9.59 Å². The molecule has 2 unspecified atom stereocenters. The Kier molecular flexibility index (Phi) is 4.22. The Morgan fingerprint density at radius 3 is 2.75 bits per heavy atom. The standard InChI is InChI=1S/C9H16N2O5/c10-9(2-4-16-5-9)8(15)11-3-1-6(12)7(13)14/h6,12H,1-5,10H2,(H,11,15)(H,13,14). The van der Waals surface area contributed by atoms with Crippen molar-refractivity contribution in [3.63, 3.8) is 0 Å². The van der Waals surface area contributed by atoms with Gasteiger partial charge in [-0.1, -0.05) is 0 Å². The normalized spacial score (nSPS) is 26.4. The lowest BCUT2D eigenvalue weighted by Gasteiger charge is -2.20. The van der Waals surface area contributed by atoms with E-state index in [1.165, 1.54) is 0 Å². The molecule has 0 aromatic rings. The molecular weight excluding hydrogens is 216 g/mol. The SMILES string of the molecule is NC1(C(=O)NCCC(O)C(=O)O)CCOC1. The molecule has 0 aromatic carbocycles. The number of carboxylic acids is 1. The van der Waals surface area contributed by atoms with Crippen LogP contribution in [-0.2, 0) is 14.3 Å². The first-order chi connectivity index (χ1) is 7.46. The van der Waals surface area contributed by atoms with E-state index in [1.807, 2.05) is 0 Å². The highest BCUT2D eigenvalue weighted by atomic mass is 16.5. The van der Waals surface area contributed by atoms with Gasteiger partial charge in [-0.25, -0.2) is 4.79 Å². The zero-order chi connectivity index (χ0) is 12.2. The highest BCUT2D eigenvalue weighted by Crippen LogP contribution is 2.15.